The van der Waals surface area contributed by atoms with Crippen LogP contribution in [-0.2, 0) is 9.47 Å². The Morgan fingerprint density at radius 2 is 1.62 bits per heavy atom. The Morgan fingerprint density at radius 3 is 2.08 bits per heavy atom. The molecule has 13 heavy (non-hydrogen) atoms. The standard InChI is InChI=1S/C10H15NO2/c1-12-10(13-2)9(11)8-6-4-3-5-7-8/h3-7,9-10H,11H2,1-2H3/t9-/m1/s1. The topological polar surface area (TPSA) is 44.5 Å². The number of benzene rings is 1. The Labute approximate surface area is 78.5 Å². The summed E-state index contributed by atoms with van der Waals surface area (Å²) in [7, 11) is 3.16. The van der Waals surface area contributed by atoms with Crippen molar-refractivity contribution in [2.45, 2.75) is 12.3 Å². The molecular weight excluding hydrogens is 166 g/mol. The monoisotopic (exact) mass is 181 g/mol. The molecule has 3 heteroatoms. The number of hydrogen-bond donors (Lipinski definition) is 1. The second-order valence-corrected chi connectivity index (χ2v) is 2.78. The summed E-state index contributed by atoms with van der Waals surface area (Å²) in [5, 5.41) is 0. The van der Waals surface area contributed by atoms with E-state index < -0.39 is 0 Å². The number of ether oxygens (including phenoxy) is 2. The molecule has 0 aromatic heterocycles. The fourth-order valence-electron chi connectivity index (χ4n) is 1.22. The predicted octanol–water partition coefficient (Wildman–Crippen LogP) is 1.31. The summed E-state index contributed by atoms with van der Waals surface area (Å²) in [6.45, 7) is 0. The van der Waals surface area contributed by atoms with Gasteiger partial charge >= 0.3 is 0 Å². The van der Waals surface area contributed by atoms with Crippen LogP contribution in [0, 0.1) is 0 Å². The van der Waals surface area contributed by atoms with Crippen molar-refractivity contribution in [3.05, 3.63) is 35.9 Å². The molecule has 1 rings (SSSR count). The molecule has 0 saturated heterocycles. The summed E-state index contributed by atoms with van der Waals surface area (Å²) in [5.41, 5.74) is 6.92. The molecule has 0 heterocycles. The molecule has 1 aromatic carbocycles. The van der Waals surface area contributed by atoms with Gasteiger partial charge in [-0.1, -0.05) is 30.3 Å². The van der Waals surface area contributed by atoms with Gasteiger partial charge < -0.3 is 15.2 Å². The quantitative estimate of drug-likeness (QED) is 0.712. The molecule has 0 aliphatic rings. The lowest BCUT2D eigenvalue weighted by atomic mass is 10.1. The first-order valence-electron chi connectivity index (χ1n) is 4.15. The Kier molecular flexibility index (Phi) is 3.89. The van der Waals surface area contributed by atoms with Gasteiger partial charge in [0.05, 0.1) is 6.04 Å². The highest BCUT2D eigenvalue weighted by molar-refractivity contribution is 5.18. The number of methoxy groups -OCH3 is 2. The van der Waals surface area contributed by atoms with Crippen LogP contribution < -0.4 is 5.73 Å². The maximum atomic E-state index is 5.91. The van der Waals surface area contributed by atoms with E-state index in [1.807, 2.05) is 30.3 Å². The van der Waals surface area contributed by atoms with Crippen LogP contribution >= 0.6 is 0 Å². The summed E-state index contributed by atoms with van der Waals surface area (Å²) in [6, 6.07) is 9.50. The normalized spacial score (nSPS) is 13.2. The van der Waals surface area contributed by atoms with Crippen LogP contribution in [0.4, 0.5) is 0 Å². The van der Waals surface area contributed by atoms with Gasteiger partial charge in [-0.2, -0.15) is 0 Å². The molecule has 72 valence electrons. The van der Waals surface area contributed by atoms with E-state index in [1.54, 1.807) is 14.2 Å². The summed E-state index contributed by atoms with van der Waals surface area (Å²) >= 11 is 0. The molecule has 0 spiro atoms. The van der Waals surface area contributed by atoms with E-state index in [0.717, 1.165) is 5.56 Å². The summed E-state index contributed by atoms with van der Waals surface area (Å²) in [5.74, 6) is 0. The molecule has 3 nitrogen and oxygen atoms in total. The van der Waals surface area contributed by atoms with Crippen molar-refractivity contribution in [1.82, 2.24) is 0 Å². The Balaban J connectivity index is 2.72. The average Bonchev–Trinajstić information content (AvgIpc) is 2.21. The van der Waals surface area contributed by atoms with Gasteiger partial charge in [0.15, 0.2) is 6.29 Å². The van der Waals surface area contributed by atoms with Crippen molar-refractivity contribution in [3.8, 4) is 0 Å². The van der Waals surface area contributed by atoms with Crippen molar-refractivity contribution < 1.29 is 9.47 Å². The smallest absolute Gasteiger partial charge is 0.175 e. The minimum absolute atomic E-state index is 0.240. The molecule has 0 bridgehead atoms. The van der Waals surface area contributed by atoms with Crippen LogP contribution in [0.5, 0.6) is 0 Å². The first-order chi connectivity index (χ1) is 6.29. The van der Waals surface area contributed by atoms with E-state index in [4.69, 9.17) is 15.2 Å². The Morgan fingerprint density at radius 1 is 1.08 bits per heavy atom. The molecule has 0 aliphatic carbocycles. The van der Waals surface area contributed by atoms with Gasteiger partial charge in [-0.25, -0.2) is 0 Å². The van der Waals surface area contributed by atoms with E-state index in [9.17, 15) is 0 Å². The minimum atomic E-state index is -0.387. The summed E-state index contributed by atoms with van der Waals surface area (Å²) in [6.07, 6.45) is -0.387. The molecule has 0 aliphatic heterocycles. The van der Waals surface area contributed by atoms with Crippen molar-refractivity contribution >= 4 is 0 Å². The van der Waals surface area contributed by atoms with Gasteiger partial charge in [-0.3, -0.25) is 0 Å². The van der Waals surface area contributed by atoms with E-state index in [2.05, 4.69) is 0 Å². The van der Waals surface area contributed by atoms with Crippen molar-refractivity contribution in [2.75, 3.05) is 14.2 Å². The molecule has 0 fully saturated rings. The molecular formula is C10H15NO2. The van der Waals surface area contributed by atoms with Gasteiger partial charge in [0.25, 0.3) is 0 Å². The van der Waals surface area contributed by atoms with Crippen molar-refractivity contribution in [2.24, 2.45) is 5.73 Å². The second-order valence-electron chi connectivity index (χ2n) is 2.78. The highest BCUT2D eigenvalue weighted by Crippen LogP contribution is 2.15. The highest BCUT2D eigenvalue weighted by Gasteiger charge is 2.17. The zero-order valence-corrected chi connectivity index (χ0v) is 7.94. The van der Waals surface area contributed by atoms with Gasteiger partial charge in [0, 0.05) is 14.2 Å². The molecule has 1 atom stereocenters. The van der Waals surface area contributed by atoms with Gasteiger partial charge in [0.2, 0.25) is 0 Å². The van der Waals surface area contributed by atoms with Crippen LogP contribution in [0.2, 0.25) is 0 Å². The third kappa shape index (κ3) is 2.52. The van der Waals surface area contributed by atoms with E-state index in [-0.39, 0.29) is 12.3 Å². The van der Waals surface area contributed by atoms with Crippen molar-refractivity contribution in [1.29, 1.82) is 0 Å². The van der Waals surface area contributed by atoms with E-state index in [0.29, 0.717) is 0 Å². The van der Waals surface area contributed by atoms with Crippen molar-refractivity contribution in [3.63, 3.8) is 0 Å². The zero-order valence-electron chi connectivity index (χ0n) is 7.94. The fourth-order valence-corrected chi connectivity index (χ4v) is 1.22. The minimum Gasteiger partial charge on any atom is -0.354 e. The molecule has 0 unspecified atom stereocenters. The first-order valence-corrected chi connectivity index (χ1v) is 4.15. The first kappa shape index (κ1) is 10.2. The fraction of sp³-hybridized carbons (Fsp3) is 0.400. The van der Waals surface area contributed by atoms with E-state index >= 15 is 0 Å². The number of nitrogens with two attached hydrogens (primary N) is 1. The Bertz CT molecular complexity index is 234. The SMILES string of the molecule is COC(OC)[C@H](N)c1ccccc1. The lowest BCUT2D eigenvalue weighted by molar-refractivity contribution is -0.117. The molecule has 1 aromatic rings. The van der Waals surface area contributed by atoms with Gasteiger partial charge in [-0.15, -0.1) is 0 Å². The molecule has 0 saturated carbocycles. The molecule has 0 amide bonds. The maximum Gasteiger partial charge on any atom is 0.175 e. The predicted molar refractivity (Wildman–Crippen MR) is 51.2 cm³/mol. The third-order valence-electron chi connectivity index (χ3n) is 1.94. The van der Waals surface area contributed by atoms with Crippen LogP contribution in [0.3, 0.4) is 0 Å². The second kappa shape index (κ2) is 4.97. The summed E-state index contributed by atoms with van der Waals surface area (Å²) in [4.78, 5) is 0. The highest BCUT2D eigenvalue weighted by atomic mass is 16.7. The summed E-state index contributed by atoms with van der Waals surface area (Å²) < 4.78 is 10.1. The largest absolute Gasteiger partial charge is 0.354 e. The lowest BCUT2D eigenvalue weighted by Crippen LogP contribution is -2.29. The van der Waals surface area contributed by atoms with Crippen LogP contribution in [0.25, 0.3) is 0 Å². The average molecular weight is 181 g/mol. The van der Waals surface area contributed by atoms with Crippen LogP contribution in [0.15, 0.2) is 30.3 Å². The number of hydrogen-bond acceptors (Lipinski definition) is 3. The van der Waals surface area contributed by atoms with Crippen LogP contribution in [-0.4, -0.2) is 20.5 Å². The maximum absolute atomic E-state index is 5.91. The Hall–Kier alpha value is -0.900. The zero-order chi connectivity index (χ0) is 9.68. The molecule has 0 radical (unpaired) electrons. The van der Waals surface area contributed by atoms with Gasteiger partial charge in [-0.05, 0) is 5.56 Å². The van der Waals surface area contributed by atoms with Crippen LogP contribution in [0.1, 0.15) is 11.6 Å². The molecule has 2 N–H and O–H groups in total. The lowest BCUT2D eigenvalue weighted by Gasteiger charge is -2.20. The van der Waals surface area contributed by atoms with Gasteiger partial charge in [0.1, 0.15) is 0 Å². The van der Waals surface area contributed by atoms with E-state index in [1.165, 1.54) is 0 Å². The third-order valence-corrected chi connectivity index (χ3v) is 1.94. The number of rotatable bonds is 4.